The van der Waals surface area contributed by atoms with Crippen molar-refractivity contribution in [2.24, 2.45) is 0 Å². The van der Waals surface area contributed by atoms with Crippen LogP contribution in [0.15, 0.2) is 24.4 Å². The van der Waals surface area contributed by atoms with Gasteiger partial charge >= 0.3 is 6.09 Å². The van der Waals surface area contributed by atoms with Crippen molar-refractivity contribution in [1.82, 2.24) is 9.88 Å². The number of hydrogen-bond donors (Lipinski definition) is 0. The molecule has 5 heteroatoms. The molecule has 2 rings (SSSR count). The van der Waals surface area contributed by atoms with Gasteiger partial charge in [-0.15, -0.1) is 0 Å². The second-order valence-corrected chi connectivity index (χ2v) is 6.37. The Morgan fingerprint density at radius 2 is 2.19 bits per heavy atom. The minimum atomic E-state index is -0.461. The maximum atomic E-state index is 12.0. The molecule has 5 nitrogen and oxygen atoms in total. The molecule has 0 aromatic carbocycles. The van der Waals surface area contributed by atoms with Gasteiger partial charge in [0.1, 0.15) is 5.60 Å². The van der Waals surface area contributed by atoms with Gasteiger partial charge in [0.05, 0.1) is 24.4 Å². The van der Waals surface area contributed by atoms with Crippen LogP contribution >= 0.6 is 0 Å². The standard InChI is InChI=1S/C16H24N2O3/c1-12(14-7-5-6-9-17-14)20-13-8-10-18(11-13)15(19)21-16(2,3)4/h5-7,9,12-13H,8,10-11H2,1-4H3/t12?,13-/m1/s1. The van der Waals surface area contributed by atoms with E-state index in [1.54, 1.807) is 11.1 Å². The lowest BCUT2D eigenvalue weighted by atomic mass is 10.2. The Morgan fingerprint density at radius 3 is 2.81 bits per heavy atom. The molecule has 1 aliphatic rings. The molecule has 2 heterocycles. The van der Waals surface area contributed by atoms with E-state index in [2.05, 4.69) is 4.98 Å². The molecule has 0 spiro atoms. The van der Waals surface area contributed by atoms with Crippen molar-refractivity contribution in [3.05, 3.63) is 30.1 Å². The van der Waals surface area contributed by atoms with E-state index in [-0.39, 0.29) is 18.3 Å². The largest absolute Gasteiger partial charge is 0.444 e. The van der Waals surface area contributed by atoms with E-state index in [9.17, 15) is 4.79 Å². The molecule has 1 amide bonds. The topological polar surface area (TPSA) is 51.7 Å². The van der Waals surface area contributed by atoms with Gasteiger partial charge in [0.2, 0.25) is 0 Å². The number of pyridine rings is 1. The third-order valence-electron chi connectivity index (χ3n) is 3.30. The maximum absolute atomic E-state index is 12.0. The molecule has 1 saturated heterocycles. The smallest absolute Gasteiger partial charge is 0.410 e. The van der Waals surface area contributed by atoms with Crippen LogP contribution in [0.25, 0.3) is 0 Å². The summed E-state index contributed by atoms with van der Waals surface area (Å²) in [5.74, 6) is 0. The zero-order valence-corrected chi connectivity index (χ0v) is 13.2. The van der Waals surface area contributed by atoms with Crippen LogP contribution in [0.4, 0.5) is 4.79 Å². The van der Waals surface area contributed by atoms with Crippen molar-refractivity contribution < 1.29 is 14.3 Å². The van der Waals surface area contributed by atoms with Crippen molar-refractivity contribution in [2.75, 3.05) is 13.1 Å². The highest BCUT2D eigenvalue weighted by Gasteiger charge is 2.31. The molecule has 1 fully saturated rings. The Morgan fingerprint density at radius 1 is 1.43 bits per heavy atom. The zero-order chi connectivity index (χ0) is 15.5. The number of nitrogens with zero attached hydrogens (tertiary/aromatic N) is 2. The van der Waals surface area contributed by atoms with Crippen LogP contribution in [0.1, 0.15) is 45.9 Å². The van der Waals surface area contributed by atoms with Gasteiger partial charge in [0.25, 0.3) is 0 Å². The fourth-order valence-electron chi connectivity index (χ4n) is 2.31. The maximum Gasteiger partial charge on any atom is 0.410 e. The SMILES string of the molecule is CC(O[C@@H]1CCN(C(=O)OC(C)(C)C)C1)c1ccccn1. The highest BCUT2D eigenvalue weighted by atomic mass is 16.6. The van der Waals surface area contributed by atoms with E-state index < -0.39 is 5.60 Å². The first-order valence-electron chi connectivity index (χ1n) is 7.39. The summed E-state index contributed by atoms with van der Waals surface area (Å²) in [5.41, 5.74) is 0.449. The number of ether oxygens (including phenoxy) is 2. The molecule has 1 aromatic heterocycles. The number of amides is 1. The average Bonchev–Trinajstić information content (AvgIpc) is 2.86. The Bertz CT molecular complexity index is 470. The molecule has 0 N–H and O–H groups in total. The van der Waals surface area contributed by atoms with Crippen molar-refractivity contribution in [1.29, 1.82) is 0 Å². The summed E-state index contributed by atoms with van der Waals surface area (Å²) in [6.07, 6.45) is 2.29. The summed E-state index contributed by atoms with van der Waals surface area (Å²) >= 11 is 0. The Hall–Kier alpha value is -1.62. The molecule has 0 bridgehead atoms. The summed E-state index contributed by atoms with van der Waals surface area (Å²) in [5, 5.41) is 0. The van der Waals surface area contributed by atoms with Crippen molar-refractivity contribution in [3.63, 3.8) is 0 Å². The number of likely N-dealkylation sites (tertiary alicyclic amines) is 1. The van der Waals surface area contributed by atoms with E-state index in [1.165, 1.54) is 0 Å². The fraction of sp³-hybridized carbons (Fsp3) is 0.625. The van der Waals surface area contributed by atoms with Gasteiger partial charge in [0, 0.05) is 12.7 Å². The van der Waals surface area contributed by atoms with Crippen LogP contribution in [0, 0.1) is 0 Å². The van der Waals surface area contributed by atoms with Crippen LogP contribution in [0.3, 0.4) is 0 Å². The number of carbonyl (C=O) groups excluding carboxylic acids is 1. The van der Waals surface area contributed by atoms with Crippen LogP contribution in [0.2, 0.25) is 0 Å². The predicted molar refractivity (Wildman–Crippen MR) is 79.9 cm³/mol. The molecule has 1 unspecified atom stereocenters. The predicted octanol–water partition coefficient (Wildman–Crippen LogP) is 3.17. The first kappa shape index (κ1) is 15.8. The van der Waals surface area contributed by atoms with Crippen molar-refractivity contribution >= 4 is 6.09 Å². The Balaban J connectivity index is 1.84. The molecule has 0 saturated carbocycles. The molecule has 1 aromatic rings. The van der Waals surface area contributed by atoms with E-state index in [0.717, 1.165) is 12.1 Å². The van der Waals surface area contributed by atoms with Crippen LogP contribution in [-0.4, -0.2) is 40.8 Å². The normalized spacial score (nSPS) is 20.4. The fourth-order valence-corrected chi connectivity index (χ4v) is 2.31. The van der Waals surface area contributed by atoms with E-state index in [0.29, 0.717) is 13.1 Å². The molecule has 2 atom stereocenters. The van der Waals surface area contributed by atoms with E-state index >= 15 is 0 Å². The van der Waals surface area contributed by atoms with E-state index in [1.807, 2.05) is 45.9 Å². The first-order valence-corrected chi connectivity index (χ1v) is 7.39. The summed E-state index contributed by atoms with van der Waals surface area (Å²) < 4.78 is 11.4. The van der Waals surface area contributed by atoms with Gasteiger partial charge in [-0.1, -0.05) is 6.07 Å². The second-order valence-electron chi connectivity index (χ2n) is 6.37. The Labute approximate surface area is 126 Å². The number of hydrogen-bond acceptors (Lipinski definition) is 4. The first-order chi connectivity index (χ1) is 9.85. The van der Waals surface area contributed by atoms with Gasteiger partial charge in [0.15, 0.2) is 0 Å². The summed E-state index contributed by atoms with van der Waals surface area (Å²) in [7, 11) is 0. The summed E-state index contributed by atoms with van der Waals surface area (Å²) in [4.78, 5) is 18.0. The van der Waals surface area contributed by atoms with E-state index in [4.69, 9.17) is 9.47 Å². The lowest BCUT2D eigenvalue weighted by Gasteiger charge is -2.24. The molecule has 21 heavy (non-hydrogen) atoms. The molecular weight excluding hydrogens is 268 g/mol. The summed E-state index contributed by atoms with van der Waals surface area (Å²) in [6, 6.07) is 5.78. The third-order valence-corrected chi connectivity index (χ3v) is 3.30. The molecular formula is C16H24N2O3. The minimum absolute atomic E-state index is 0.0366. The monoisotopic (exact) mass is 292 g/mol. The minimum Gasteiger partial charge on any atom is -0.444 e. The average molecular weight is 292 g/mol. The highest BCUT2D eigenvalue weighted by Crippen LogP contribution is 2.22. The molecule has 1 aliphatic heterocycles. The van der Waals surface area contributed by atoms with Gasteiger partial charge in [-0.2, -0.15) is 0 Å². The molecule has 0 aliphatic carbocycles. The van der Waals surface area contributed by atoms with Crippen LogP contribution in [-0.2, 0) is 9.47 Å². The van der Waals surface area contributed by atoms with Gasteiger partial charge in [-0.3, -0.25) is 4.98 Å². The van der Waals surface area contributed by atoms with Gasteiger partial charge in [-0.05, 0) is 46.2 Å². The Kier molecular flexibility index (Phi) is 4.83. The van der Waals surface area contributed by atoms with Crippen molar-refractivity contribution in [3.8, 4) is 0 Å². The number of carbonyl (C=O) groups is 1. The van der Waals surface area contributed by atoms with Crippen molar-refractivity contribution in [2.45, 2.75) is 51.9 Å². The quantitative estimate of drug-likeness (QED) is 0.858. The van der Waals surface area contributed by atoms with Gasteiger partial charge < -0.3 is 14.4 Å². The zero-order valence-electron chi connectivity index (χ0n) is 13.2. The third kappa shape index (κ3) is 4.70. The molecule has 0 radical (unpaired) electrons. The highest BCUT2D eigenvalue weighted by molar-refractivity contribution is 5.68. The van der Waals surface area contributed by atoms with Gasteiger partial charge in [-0.25, -0.2) is 4.79 Å². The number of aromatic nitrogens is 1. The summed E-state index contributed by atoms with van der Waals surface area (Å²) in [6.45, 7) is 8.85. The van der Waals surface area contributed by atoms with Crippen LogP contribution in [0.5, 0.6) is 0 Å². The lowest BCUT2D eigenvalue weighted by molar-refractivity contribution is -0.00557. The number of rotatable bonds is 3. The lowest BCUT2D eigenvalue weighted by Crippen LogP contribution is -2.36. The second kappa shape index (κ2) is 6.43. The molecule has 116 valence electrons. The van der Waals surface area contributed by atoms with Crippen LogP contribution < -0.4 is 0 Å².